The number of nitrogens with zero attached hydrogens (tertiary/aromatic N) is 3. The molecule has 0 saturated carbocycles. The number of aromatic nitrogens is 2. The van der Waals surface area contributed by atoms with Crippen LogP contribution >= 0.6 is 0 Å². The van der Waals surface area contributed by atoms with Crippen LogP contribution in [0.5, 0.6) is 5.75 Å². The van der Waals surface area contributed by atoms with Crippen molar-refractivity contribution < 1.29 is 18.4 Å². The Morgan fingerprint density at radius 3 is 2.62 bits per heavy atom. The van der Waals surface area contributed by atoms with Crippen molar-refractivity contribution in [2.45, 2.75) is 45.9 Å². The minimum atomic E-state index is -2.58. The summed E-state index contributed by atoms with van der Waals surface area (Å²) >= 11 is 0. The van der Waals surface area contributed by atoms with Crippen LogP contribution in [0.15, 0.2) is 30.5 Å². The van der Waals surface area contributed by atoms with E-state index in [1.54, 1.807) is 6.20 Å². The Labute approximate surface area is 151 Å². The SMILES string of the molecule is CCC(Oc1c(C)cc(N2CNC(C(F)F)O2)cc1C)c1cccnn1. The fourth-order valence-corrected chi connectivity index (χ4v) is 2.91. The summed E-state index contributed by atoms with van der Waals surface area (Å²) in [7, 11) is 0. The molecule has 1 aromatic heterocycles. The molecule has 0 bridgehead atoms. The molecular weight excluding hydrogens is 342 g/mol. The summed E-state index contributed by atoms with van der Waals surface area (Å²) in [6.07, 6.45) is -1.71. The Bertz CT molecular complexity index is 722. The third-order valence-electron chi connectivity index (χ3n) is 4.19. The summed E-state index contributed by atoms with van der Waals surface area (Å²) in [5, 5.41) is 12.1. The van der Waals surface area contributed by atoms with Crippen molar-refractivity contribution in [3.05, 3.63) is 47.3 Å². The van der Waals surface area contributed by atoms with Gasteiger partial charge in [0.2, 0.25) is 0 Å². The zero-order valence-corrected chi connectivity index (χ0v) is 14.9. The zero-order chi connectivity index (χ0) is 18.7. The maximum atomic E-state index is 12.8. The molecule has 1 N–H and O–H groups in total. The standard InChI is InChI=1S/C18H22F2N4O2/c1-4-15(14-6-5-7-22-23-14)25-16-11(2)8-13(9-12(16)3)24-10-21-18(26-24)17(19)20/h5-9,15,17-18,21H,4,10H2,1-3H3. The molecule has 6 nitrogen and oxygen atoms in total. The van der Waals surface area contributed by atoms with E-state index < -0.39 is 12.7 Å². The molecule has 26 heavy (non-hydrogen) atoms. The molecule has 2 aromatic rings. The molecule has 1 aliphatic heterocycles. The summed E-state index contributed by atoms with van der Waals surface area (Å²) in [6, 6.07) is 7.44. The number of hydroxylamine groups is 1. The molecule has 2 atom stereocenters. The fourth-order valence-electron chi connectivity index (χ4n) is 2.91. The van der Waals surface area contributed by atoms with Crippen molar-refractivity contribution >= 4 is 5.69 Å². The number of halogens is 2. The van der Waals surface area contributed by atoms with Crippen LogP contribution in [0.25, 0.3) is 0 Å². The number of rotatable bonds is 6. The predicted octanol–water partition coefficient (Wildman–Crippen LogP) is 3.51. The van der Waals surface area contributed by atoms with Crippen LogP contribution < -0.4 is 15.1 Å². The van der Waals surface area contributed by atoms with Gasteiger partial charge in [-0.25, -0.2) is 18.7 Å². The fraction of sp³-hybridized carbons (Fsp3) is 0.444. The smallest absolute Gasteiger partial charge is 0.280 e. The normalized spacial score (nSPS) is 18.4. The van der Waals surface area contributed by atoms with Gasteiger partial charge in [0, 0.05) is 6.20 Å². The van der Waals surface area contributed by atoms with Gasteiger partial charge in [0.15, 0.2) is 6.23 Å². The van der Waals surface area contributed by atoms with Crippen LogP contribution in [0.1, 0.15) is 36.3 Å². The van der Waals surface area contributed by atoms with Crippen molar-refractivity contribution in [2.24, 2.45) is 0 Å². The molecule has 1 saturated heterocycles. The number of benzene rings is 1. The summed E-state index contributed by atoms with van der Waals surface area (Å²) in [5.41, 5.74) is 3.26. The number of alkyl halides is 2. The Balaban J connectivity index is 1.79. The number of aryl methyl sites for hydroxylation is 2. The van der Waals surface area contributed by atoms with Gasteiger partial charge in [0.1, 0.15) is 17.5 Å². The van der Waals surface area contributed by atoms with E-state index in [9.17, 15) is 8.78 Å². The first-order valence-corrected chi connectivity index (χ1v) is 8.51. The van der Waals surface area contributed by atoms with E-state index >= 15 is 0 Å². The van der Waals surface area contributed by atoms with E-state index in [-0.39, 0.29) is 12.8 Å². The van der Waals surface area contributed by atoms with Crippen LogP contribution in [0, 0.1) is 13.8 Å². The highest BCUT2D eigenvalue weighted by atomic mass is 19.3. The maximum Gasteiger partial charge on any atom is 0.280 e. The average Bonchev–Trinajstić information content (AvgIpc) is 3.12. The van der Waals surface area contributed by atoms with Gasteiger partial charge in [-0.15, -0.1) is 0 Å². The molecular formula is C18H22F2N4O2. The first-order valence-electron chi connectivity index (χ1n) is 8.51. The minimum absolute atomic E-state index is 0.200. The Hall–Kier alpha value is -2.32. The molecule has 140 valence electrons. The second-order valence-electron chi connectivity index (χ2n) is 6.17. The molecule has 0 aliphatic carbocycles. The van der Waals surface area contributed by atoms with Crippen molar-refractivity contribution in [3.8, 4) is 5.75 Å². The molecule has 2 heterocycles. The molecule has 2 unspecified atom stereocenters. The van der Waals surface area contributed by atoms with Crippen LogP contribution in [0.4, 0.5) is 14.5 Å². The number of nitrogens with one attached hydrogen (secondary N) is 1. The van der Waals surface area contributed by atoms with Crippen molar-refractivity contribution in [1.29, 1.82) is 0 Å². The van der Waals surface area contributed by atoms with Crippen LogP contribution in [-0.4, -0.2) is 29.5 Å². The quantitative estimate of drug-likeness (QED) is 0.846. The highest BCUT2D eigenvalue weighted by Gasteiger charge is 2.31. The highest BCUT2D eigenvalue weighted by Crippen LogP contribution is 2.34. The van der Waals surface area contributed by atoms with Gasteiger partial charge in [0.25, 0.3) is 6.43 Å². The van der Waals surface area contributed by atoms with E-state index in [2.05, 4.69) is 15.5 Å². The Kier molecular flexibility index (Phi) is 5.63. The largest absolute Gasteiger partial charge is 0.484 e. The van der Waals surface area contributed by atoms with Gasteiger partial charge in [0.05, 0.1) is 12.4 Å². The highest BCUT2D eigenvalue weighted by molar-refractivity contribution is 5.55. The Morgan fingerprint density at radius 2 is 2.08 bits per heavy atom. The number of hydrogen-bond acceptors (Lipinski definition) is 6. The predicted molar refractivity (Wildman–Crippen MR) is 93.0 cm³/mol. The monoisotopic (exact) mass is 364 g/mol. The molecule has 1 fully saturated rings. The van der Waals surface area contributed by atoms with Crippen LogP contribution in [0.2, 0.25) is 0 Å². The van der Waals surface area contributed by atoms with E-state index in [0.717, 1.165) is 29.0 Å². The summed E-state index contributed by atoms with van der Waals surface area (Å²) < 4.78 is 31.7. The van der Waals surface area contributed by atoms with Gasteiger partial charge in [-0.3, -0.25) is 5.32 Å². The lowest BCUT2D eigenvalue weighted by Crippen LogP contribution is -2.29. The lowest BCUT2D eigenvalue weighted by atomic mass is 10.1. The summed E-state index contributed by atoms with van der Waals surface area (Å²) in [6.45, 7) is 6.06. The molecule has 0 radical (unpaired) electrons. The van der Waals surface area contributed by atoms with E-state index in [0.29, 0.717) is 5.69 Å². The molecule has 0 spiro atoms. The Morgan fingerprint density at radius 1 is 1.35 bits per heavy atom. The molecule has 1 aromatic carbocycles. The maximum absolute atomic E-state index is 12.8. The second kappa shape index (κ2) is 7.92. The van der Waals surface area contributed by atoms with Gasteiger partial charge >= 0.3 is 0 Å². The van der Waals surface area contributed by atoms with Gasteiger partial charge in [-0.05, 0) is 55.7 Å². The number of ether oxygens (including phenoxy) is 1. The number of anilines is 1. The first kappa shape index (κ1) is 18.5. The van der Waals surface area contributed by atoms with Gasteiger partial charge in [-0.1, -0.05) is 6.92 Å². The van der Waals surface area contributed by atoms with Crippen molar-refractivity contribution in [3.63, 3.8) is 0 Å². The molecule has 1 aliphatic rings. The first-order chi connectivity index (χ1) is 12.5. The zero-order valence-electron chi connectivity index (χ0n) is 14.9. The van der Waals surface area contributed by atoms with E-state index in [4.69, 9.17) is 9.57 Å². The van der Waals surface area contributed by atoms with Gasteiger partial charge in [-0.2, -0.15) is 10.2 Å². The van der Waals surface area contributed by atoms with E-state index in [1.807, 2.05) is 45.0 Å². The number of hydrogen-bond donors (Lipinski definition) is 1. The lowest BCUT2D eigenvalue weighted by molar-refractivity contribution is -0.0409. The van der Waals surface area contributed by atoms with Gasteiger partial charge < -0.3 is 4.74 Å². The third-order valence-corrected chi connectivity index (χ3v) is 4.19. The average molecular weight is 364 g/mol. The van der Waals surface area contributed by atoms with Crippen LogP contribution in [-0.2, 0) is 4.84 Å². The van der Waals surface area contributed by atoms with Crippen molar-refractivity contribution in [1.82, 2.24) is 15.5 Å². The third kappa shape index (κ3) is 3.91. The second-order valence-corrected chi connectivity index (χ2v) is 6.17. The molecule has 3 rings (SSSR count). The summed E-state index contributed by atoms with van der Waals surface area (Å²) in [5.74, 6) is 0.754. The van der Waals surface area contributed by atoms with E-state index in [1.165, 1.54) is 5.06 Å². The molecule has 8 heteroatoms. The summed E-state index contributed by atoms with van der Waals surface area (Å²) in [4.78, 5) is 5.24. The lowest BCUT2D eigenvalue weighted by Gasteiger charge is -2.23. The minimum Gasteiger partial charge on any atom is -0.484 e. The topological polar surface area (TPSA) is 59.5 Å². The van der Waals surface area contributed by atoms with Crippen LogP contribution in [0.3, 0.4) is 0 Å². The van der Waals surface area contributed by atoms with Crippen molar-refractivity contribution in [2.75, 3.05) is 11.7 Å². The molecule has 0 amide bonds.